The molecule has 3 heteroatoms. The summed E-state index contributed by atoms with van der Waals surface area (Å²) < 4.78 is 5.49. The minimum atomic E-state index is -0.0617. The van der Waals surface area contributed by atoms with Gasteiger partial charge in [-0.15, -0.1) is 0 Å². The van der Waals surface area contributed by atoms with Crippen molar-refractivity contribution >= 4 is 5.78 Å². The van der Waals surface area contributed by atoms with E-state index in [1.807, 2.05) is 12.1 Å². The maximum atomic E-state index is 11.8. The fourth-order valence-electron chi connectivity index (χ4n) is 2.29. The molecule has 0 bridgehead atoms. The minimum Gasteiger partial charge on any atom is -0.485 e. The normalized spacial score (nSPS) is 16.1. The Morgan fingerprint density at radius 1 is 1.29 bits per heavy atom. The second kappa shape index (κ2) is 5.82. The molecule has 17 heavy (non-hydrogen) atoms. The third-order valence-electron chi connectivity index (χ3n) is 3.32. The fraction of sp³-hybridized carbons (Fsp3) is 0.500. The van der Waals surface area contributed by atoms with Crippen molar-refractivity contribution in [3.05, 3.63) is 29.8 Å². The topological polar surface area (TPSA) is 46.5 Å². The molecule has 0 atom stereocenters. The van der Waals surface area contributed by atoms with Crippen LogP contribution < -0.4 is 4.74 Å². The van der Waals surface area contributed by atoms with Gasteiger partial charge in [0.05, 0.1) is 6.61 Å². The Kier molecular flexibility index (Phi) is 4.15. The first-order chi connectivity index (χ1) is 8.31. The summed E-state index contributed by atoms with van der Waals surface area (Å²) in [5.41, 5.74) is 0.728. The predicted octanol–water partition coefficient (Wildman–Crippen LogP) is 2.32. The van der Waals surface area contributed by atoms with Gasteiger partial charge in [0.25, 0.3) is 0 Å². The zero-order chi connectivity index (χ0) is 12.1. The van der Waals surface area contributed by atoms with Gasteiger partial charge in [0.2, 0.25) is 0 Å². The van der Waals surface area contributed by atoms with E-state index in [0.717, 1.165) is 31.2 Å². The van der Waals surface area contributed by atoms with Crippen molar-refractivity contribution in [1.29, 1.82) is 0 Å². The molecule has 3 nitrogen and oxygen atoms in total. The molecule has 0 saturated heterocycles. The van der Waals surface area contributed by atoms with Crippen molar-refractivity contribution in [2.75, 3.05) is 6.61 Å². The number of ether oxygens (including phenoxy) is 1. The van der Waals surface area contributed by atoms with Crippen LogP contribution in [-0.2, 0) is 11.4 Å². The van der Waals surface area contributed by atoms with Crippen LogP contribution >= 0.6 is 0 Å². The number of carbonyl (C=O) groups is 1. The number of ketones is 1. The van der Waals surface area contributed by atoms with Crippen molar-refractivity contribution in [2.24, 2.45) is 5.92 Å². The van der Waals surface area contributed by atoms with Gasteiger partial charge in [0.1, 0.15) is 12.4 Å². The first-order valence-electron chi connectivity index (χ1n) is 6.15. The van der Waals surface area contributed by atoms with Crippen LogP contribution in [0.1, 0.15) is 31.2 Å². The lowest BCUT2D eigenvalue weighted by Gasteiger charge is -2.11. The molecule has 1 aliphatic rings. The average Bonchev–Trinajstić information content (AvgIpc) is 2.90. The molecule has 1 aliphatic carbocycles. The molecule has 1 aromatic rings. The number of hydrogen-bond donors (Lipinski definition) is 1. The van der Waals surface area contributed by atoms with E-state index in [4.69, 9.17) is 9.84 Å². The molecule has 1 aromatic carbocycles. The predicted molar refractivity (Wildman–Crippen MR) is 64.8 cm³/mol. The zero-order valence-corrected chi connectivity index (χ0v) is 9.89. The third kappa shape index (κ3) is 3.07. The zero-order valence-electron chi connectivity index (χ0n) is 9.89. The van der Waals surface area contributed by atoms with Gasteiger partial charge in [-0.1, -0.05) is 31.0 Å². The Morgan fingerprint density at radius 2 is 2.00 bits per heavy atom. The molecule has 0 heterocycles. The van der Waals surface area contributed by atoms with Crippen molar-refractivity contribution in [2.45, 2.75) is 32.3 Å². The summed E-state index contributed by atoms with van der Waals surface area (Å²) >= 11 is 0. The van der Waals surface area contributed by atoms with Gasteiger partial charge in [0.15, 0.2) is 5.78 Å². The minimum absolute atomic E-state index is 0.0617. The van der Waals surface area contributed by atoms with E-state index in [1.54, 1.807) is 12.1 Å². The fourth-order valence-corrected chi connectivity index (χ4v) is 2.29. The van der Waals surface area contributed by atoms with Crippen LogP contribution in [0.4, 0.5) is 0 Å². The molecule has 1 saturated carbocycles. The van der Waals surface area contributed by atoms with Crippen molar-refractivity contribution in [1.82, 2.24) is 0 Å². The first-order valence-corrected chi connectivity index (χ1v) is 6.15. The third-order valence-corrected chi connectivity index (χ3v) is 3.32. The number of benzene rings is 1. The van der Waals surface area contributed by atoms with E-state index >= 15 is 0 Å². The lowest BCUT2D eigenvalue weighted by atomic mass is 10.0. The number of Topliss-reactive ketones (excluding diaryl/α,β-unsaturated/α-hetero) is 1. The summed E-state index contributed by atoms with van der Waals surface area (Å²) in [6.45, 7) is 0.0650. The Hall–Kier alpha value is -1.35. The number of aliphatic hydroxyl groups is 1. The van der Waals surface area contributed by atoms with E-state index in [-0.39, 0.29) is 24.9 Å². The van der Waals surface area contributed by atoms with Gasteiger partial charge >= 0.3 is 0 Å². The Balaban J connectivity index is 1.90. The highest BCUT2D eigenvalue weighted by Crippen LogP contribution is 2.26. The molecule has 0 aromatic heterocycles. The lowest BCUT2D eigenvalue weighted by molar-refractivity contribution is -0.124. The molecular weight excluding hydrogens is 216 g/mol. The second-order valence-electron chi connectivity index (χ2n) is 4.50. The van der Waals surface area contributed by atoms with Gasteiger partial charge in [-0.25, -0.2) is 0 Å². The highest BCUT2D eigenvalue weighted by atomic mass is 16.5. The van der Waals surface area contributed by atoms with Crippen LogP contribution in [0, 0.1) is 5.92 Å². The van der Waals surface area contributed by atoms with Crippen LogP contribution in [0.3, 0.4) is 0 Å². The summed E-state index contributed by atoms with van der Waals surface area (Å²) in [5.74, 6) is 0.993. The summed E-state index contributed by atoms with van der Waals surface area (Å²) in [5, 5.41) is 9.13. The van der Waals surface area contributed by atoms with E-state index < -0.39 is 0 Å². The van der Waals surface area contributed by atoms with E-state index in [1.165, 1.54) is 0 Å². The lowest BCUT2D eigenvalue weighted by Crippen LogP contribution is -2.19. The first kappa shape index (κ1) is 12.1. The average molecular weight is 234 g/mol. The van der Waals surface area contributed by atoms with Crippen LogP contribution in [0.5, 0.6) is 5.75 Å². The van der Waals surface area contributed by atoms with E-state index in [2.05, 4.69) is 0 Å². The molecule has 2 rings (SSSR count). The summed E-state index contributed by atoms with van der Waals surface area (Å²) in [6, 6.07) is 7.27. The van der Waals surface area contributed by atoms with Gasteiger partial charge in [0, 0.05) is 11.5 Å². The standard InChI is InChI=1S/C14H18O3/c15-9-12-7-3-4-8-14(12)17-10-13(16)11-5-1-2-6-11/h3-4,7-8,11,15H,1-2,5-6,9-10H2. The van der Waals surface area contributed by atoms with Crippen molar-refractivity contribution < 1.29 is 14.6 Å². The molecule has 0 amide bonds. The van der Waals surface area contributed by atoms with Crippen LogP contribution in [-0.4, -0.2) is 17.5 Å². The highest BCUT2D eigenvalue weighted by Gasteiger charge is 2.22. The van der Waals surface area contributed by atoms with E-state index in [9.17, 15) is 4.79 Å². The summed E-state index contributed by atoms with van der Waals surface area (Å²) in [4.78, 5) is 11.8. The molecule has 1 N–H and O–H groups in total. The largest absolute Gasteiger partial charge is 0.485 e. The number of carbonyl (C=O) groups excluding carboxylic acids is 1. The molecule has 1 fully saturated rings. The van der Waals surface area contributed by atoms with Crippen LogP contribution in [0.25, 0.3) is 0 Å². The number of hydrogen-bond acceptors (Lipinski definition) is 3. The molecule has 0 radical (unpaired) electrons. The number of rotatable bonds is 5. The monoisotopic (exact) mass is 234 g/mol. The summed E-state index contributed by atoms with van der Waals surface area (Å²) in [6.07, 6.45) is 4.32. The Morgan fingerprint density at radius 3 is 2.71 bits per heavy atom. The number of aliphatic hydroxyl groups excluding tert-OH is 1. The molecule has 0 aliphatic heterocycles. The highest BCUT2D eigenvalue weighted by molar-refractivity contribution is 5.82. The SMILES string of the molecule is O=C(COc1ccccc1CO)C1CCCC1. The maximum absolute atomic E-state index is 11.8. The Bertz CT molecular complexity index is 381. The number of para-hydroxylation sites is 1. The summed E-state index contributed by atoms with van der Waals surface area (Å²) in [7, 11) is 0. The van der Waals surface area contributed by atoms with Gasteiger partial charge in [-0.05, 0) is 18.9 Å². The maximum Gasteiger partial charge on any atom is 0.173 e. The van der Waals surface area contributed by atoms with E-state index in [0.29, 0.717) is 5.75 Å². The second-order valence-corrected chi connectivity index (χ2v) is 4.50. The smallest absolute Gasteiger partial charge is 0.173 e. The van der Waals surface area contributed by atoms with Crippen LogP contribution in [0.2, 0.25) is 0 Å². The quantitative estimate of drug-likeness (QED) is 0.850. The van der Waals surface area contributed by atoms with Gasteiger partial charge in [-0.2, -0.15) is 0 Å². The molecule has 92 valence electrons. The van der Waals surface area contributed by atoms with Crippen molar-refractivity contribution in [3.8, 4) is 5.75 Å². The van der Waals surface area contributed by atoms with Gasteiger partial charge in [-0.3, -0.25) is 4.79 Å². The molecule has 0 spiro atoms. The van der Waals surface area contributed by atoms with Crippen molar-refractivity contribution in [3.63, 3.8) is 0 Å². The van der Waals surface area contributed by atoms with Gasteiger partial charge < -0.3 is 9.84 Å². The van der Waals surface area contributed by atoms with Crippen LogP contribution in [0.15, 0.2) is 24.3 Å². The molecule has 0 unspecified atom stereocenters. The Labute approximate surface area is 101 Å². The molecular formula is C14H18O3.